The van der Waals surface area contributed by atoms with E-state index in [1.54, 1.807) is 6.08 Å². The summed E-state index contributed by atoms with van der Waals surface area (Å²) in [7, 11) is 0. The van der Waals surface area contributed by atoms with E-state index in [1.165, 1.54) is 50.5 Å². The molecule has 0 fully saturated rings. The first-order valence-corrected chi connectivity index (χ1v) is 14.2. The van der Waals surface area contributed by atoms with E-state index >= 15 is 0 Å². The Morgan fingerprint density at radius 3 is 1.89 bits per heavy atom. The lowest BCUT2D eigenvalue weighted by Crippen LogP contribution is -2.23. The molecular formula is C37H47B. The van der Waals surface area contributed by atoms with E-state index in [1.807, 2.05) is 6.92 Å². The normalized spacial score (nSPS) is 13.0. The van der Waals surface area contributed by atoms with Gasteiger partial charge in [-0.15, -0.1) is 6.58 Å². The van der Waals surface area contributed by atoms with Crippen LogP contribution in [0.3, 0.4) is 0 Å². The Labute approximate surface area is 233 Å². The van der Waals surface area contributed by atoms with Crippen molar-refractivity contribution in [3.63, 3.8) is 0 Å². The van der Waals surface area contributed by atoms with E-state index in [0.717, 1.165) is 12.6 Å². The molecule has 198 valence electrons. The molecule has 1 aliphatic rings. The average molecular weight is 503 g/mol. The topological polar surface area (TPSA) is 0 Å². The lowest BCUT2D eigenvalue weighted by Gasteiger charge is -2.30. The van der Waals surface area contributed by atoms with Crippen LogP contribution in [0.15, 0.2) is 97.6 Å². The molecule has 0 bridgehead atoms. The Bertz CT molecular complexity index is 1370. The highest BCUT2D eigenvalue weighted by Gasteiger charge is 2.35. The summed E-state index contributed by atoms with van der Waals surface area (Å²) in [5, 5.41) is 2.59. The van der Waals surface area contributed by atoms with Gasteiger partial charge >= 0.3 is 0 Å². The van der Waals surface area contributed by atoms with Crippen molar-refractivity contribution in [3.05, 3.63) is 109 Å². The van der Waals surface area contributed by atoms with Gasteiger partial charge in [-0.3, -0.25) is 0 Å². The fraction of sp³-hybridized carbons (Fsp3) is 0.351. The third-order valence-electron chi connectivity index (χ3n) is 8.16. The SMILES string of the molecule is C=CC.CB(C)CC(C)(C)C(C)C.CC1(C)c2ccccc2-c2ccc(-c3ccc4ccccc4c3)cc21. The summed E-state index contributed by atoms with van der Waals surface area (Å²) in [6.45, 7) is 24.7. The zero-order chi connectivity index (χ0) is 28.1. The van der Waals surface area contributed by atoms with E-state index in [0.29, 0.717) is 5.41 Å². The number of rotatable bonds is 4. The monoisotopic (exact) mass is 502 g/mol. The van der Waals surface area contributed by atoms with Crippen LogP contribution in [-0.4, -0.2) is 6.71 Å². The summed E-state index contributed by atoms with van der Waals surface area (Å²) in [6, 6.07) is 31.1. The quantitative estimate of drug-likeness (QED) is 0.192. The Morgan fingerprint density at radius 2 is 1.29 bits per heavy atom. The zero-order valence-corrected chi connectivity index (χ0v) is 25.2. The molecule has 5 rings (SSSR count). The van der Waals surface area contributed by atoms with E-state index in [9.17, 15) is 0 Å². The second-order valence-electron chi connectivity index (χ2n) is 12.6. The van der Waals surface area contributed by atoms with Gasteiger partial charge in [0.1, 0.15) is 6.71 Å². The summed E-state index contributed by atoms with van der Waals surface area (Å²) in [5.74, 6) is 0.801. The fourth-order valence-electron chi connectivity index (χ4n) is 5.54. The number of hydrogen-bond donors (Lipinski definition) is 0. The van der Waals surface area contributed by atoms with E-state index in [2.05, 4.69) is 147 Å². The highest BCUT2D eigenvalue weighted by atomic mass is 14.4. The smallest absolute Gasteiger partial charge is 0.103 e. The van der Waals surface area contributed by atoms with Crippen LogP contribution in [0.1, 0.15) is 59.6 Å². The van der Waals surface area contributed by atoms with Crippen molar-refractivity contribution >= 4 is 17.5 Å². The molecule has 4 aromatic rings. The highest BCUT2D eigenvalue weighted by molar-refractivity contribution is 6.55. The second kappa shape index (κ2) is 12.2. The first-order chi connectivity index (χ1) is 17.9. The van der Waals surface area contributed by atoms with Crippen LogP contribution >= 0.6 is 0 Å². The molecule has 0 heterocycles. The van der Waals surface area contributed by atoms with Crippen molar-refractivity contribution in [2.45, 2.75) is 73.8 Å². The lowest BCUT2D eigenvalue weighted by molar-refractivity contribution is 0.281. The molecule has 0 radical (unpaired) electrons. The fourth-order valence-corrected chi connectivity index (χ4v) is 5.54. The maximum absolute atomic E-state index is 3.36. The molecular weight excluding hydrogens is 455 g/mol. The minimum Gasteiger partial charge on any atom is -0.103 e. The molecule has 4 aromatic carbocycles. The minimum atomic E-state index is 0.0544. The van der Waals surface area contributed by atoms with Gasteiger partial charge in [0.05, 0.1) is 0 Å². The maximum Gasteiger partial charge on any atom is 0.133 e. The Hall–Kier alpha value is -3.06. The Balaban J connectivity index is 0.000000261. The van der Waals surface area contributed by atoms with Crippen molar-refractivity contribution in [1.29, 1.82) is 0 Å². The number of allylic oxidation sites excluding steroid dienone is 1. The third kappa shape index (κ3) is 6.50. The van der Waals surface area contributed by atoms with Crippen LogP contribution in [0.25, 0.3) is 33.0 Å². The van der Waals surface area contributed by atoms with Crippen LogP contribution in [0.4, 0.5) is 0 Å². The van der Waals surface area contributed by atoms with Gasteiger partial charge in [0.15, 0.2) is 0 Å². The molecule has 0 spiro atoms. The summed E-state index contributed by atoms with van der Waals surface area (Å²) in [4.78, 5) is 0. The Kier molecular flexibility index (Phi) is 9.47. The van der Waals surface area contributed by atoms with Gasteiger partial charge in [-0.2, -0.15) is 0 Å². The maximum atomic E-state index is 3.36. The molecule has 0 nitrogen and oxygen atoms in total. The average Bonchev–Trinajstić information content (AvgIpc) is 3.10. The molecule has 0 aliphatic heterocycles. The van der Waals surface area contributed by atoms with Gasteiger partial charge in [0.2, 0.25) is 0 Å². The lowest BCUT2D eigenvalue weighted by atomic mass is 9.45. The van der Waals surface area contributed by atoms with Crippen LogP contribution in [0, 0.1) is 11.3 Å². The van der Waals surface area contributed by atoms with E-state index < -0.39 is 0 Å². The predicted octanol–water partition coefficient (Wildman–Crippen LogP) is 11.4. The van der Waals surface area contributed by atoms with Gasteiger partial charge in [0.25, 0.3) is 0 Å². The molecule has 0 aromatic heterocycles. The van der Waals surface area contributed by atoms with Crippen LogP contribution in [0.5, 0.6) is 0 Å². The molecule has 0 saturated heterocycles. The number of benzene rings is 4. The molecule has 0 N–H and O–H groups in total. The first-order valence-electron chi connectivity index (χ1n) is 14.2. The predicted molar refractivity (Wildman–Crippen MR) is 174 cm³/mol. The molecule has 0 atom stereocenters. The van der Waals surface area contributed by atoms with Crippen molar-refractivity contribution in [1.82, 2.24) is 0 Å². The van der Waals surface area contributed by atoms with Gasteiger partial charge in [-0.1, -0.05) is 140 Å². The van der Waals surface area contributed by atoms with Gasteiger partial charge < -0.3 is 0 Å². The minimum absolute atomic E-state index is 0.0544. The molecule has 0 amide bonds. The summed E-state index contributed by atoms with van der Waals surface area (Å²) in [6.07, 6.45) is 3.09. The van der Waals surface area contributed by atoms with Crippen LogP contribution < -0.4 is 0 Å². The summed E-state index contributed by atoms with van der Waals surface area (Å²) >= 11 is 0. The molecule has 38 heavy (non-hydrogen) atoms. The molecule has 0 saturated carbocycles. The highest BCUT2D eigenvalue weighted by Crippen LogP contribution is 2.49. The summed E-state index contributed by atoms with van der Waals surface area (Å²) < 4.78 is 0. The molecule has 0 unspecified atom stereocenters. The van der Waals surface area contributed by atoms with Crippen LogP contribution in [-0.2, 0) is 5.41 Å². The van der Waals surface area contributed by atoms with E-state index in [4.69, 9.17) is 0 Å². The van der Waals surface area contributed by atoms with Crippen LogP contribution in [0.2, 0.25) is 20.0 Å². The van der Waals surface area contributed by atoms with Crippen molar-refractivity contribution in [2.75, 3.05) is 0 Å². The van der Waals surface area contributed by atoms with Gasteiger partial charge in [0, 0.05) is 5.41 Å². The number of fused-ring (bicyclic) bond motifs is 4. The molecule has 1 heteroatoms. The third-order valence-corrected chi connectivity index (χ3v) is 8.16. The van der Waals surface area contributed by atoms with Gasteiger partial charge in [-0.05, 0) is 74.5 Å². The first kappa shape index (κ1) is 29.5. The van der Waals surface area contributed by atoms with Gasteiger partial charge in [-0.25, -0.2) is 0 Å². The number of hydrogen-bond acceptors (Lipinski definition) is 0. The zero-order valence-electron chi connectivity index (χ0n) is 25.2. The largest absolute Gasteiger partial charge is 0.133 e. The second-order valence-corrected chi connectivity index (χ2v) is 12.6. The van der Waals surface area contributed by atoms with Crippen molar-refractivity contribution < 1.29 is 0 Å². The standard InChI is InChI=1S/C25H20.C9H21B.C3H6/c1-25(2)23-10-6-5-9-21(23)22-14-13-20(16-24(22)25)19-12-11-17-7-3-4-8-18(17)15-19;1-8(2)9(3,4)7-10(5)6;1-3-2/h3-16H,1-2H3;8H,7H2,1-6H3;3H,1H2,2H3. The summed E-state index contributed by atoms with van der Waals surface area (Å²) in [5.41, 5.74) is 8.78. The molecule has 1 aliphatic carbocycles. The van der Waals surface area contributed by atoms with Crippen molar-refractivity contribution in [3.8, 4) is 22.3 Å². The Morgan fingerprint density at radius 1 is 0.763 bits per heavy atom. The van der Waals surface area contributed by atoms with Crippen molar-refractivity contribution in [2.24, 2.45) is 11.3 Å². The van der Waals surface area contributed by atoms with E-state index in [-0.39, 0.29) is 5.41 Å².